The van der Waals surface area contributed by atoms with E-state index in [0.29, 0.717) is 59.8 Å². The largest absolute Gasteiger partial charge is 0.495 e. The Morgan fingerprint density at radius 2 is 1.66 bits per heavy atom. The SMILES string of the molecule is COc1cc(OC2C(C)(C)C(NC(=O)c3ccc(N4CCC5(CCC(n6nc(N7CCCc8cc(-c9cnn(C)c9)c(C(F)F)cc87)c7c6CCN(C(C)=O)C7)CC5)CC4)cc3)C2(C)C)ccc1C#N. The van der Waals surface area contributed by atoms with Crippen LogP contribution in [0.25, 0.3) is 11.1 Å². The lowest BCUT2D eigenvalue weighted by Gasteiger charge is -2.63. The van der Waals surface area contributed by atoms with Crippen molar-refractivity contribution in [3.8, 4) is 28.7 Å². The van der Waals surface area contributed by atoms with Gasteiger partial charge in [-0.05, 0) is 116 Å². The highest BCUT2D eigenvalue weighted by molar-refractivity contribution is 5.95. The van der Waals surface area contributed by atoms with Crippen molar-refractivity contribution < 1.29 is 27.8 Å². The van der Waals surface area contributed by atoms with Crippen LogP contribution in [0, 0.1) is 27.6 Å². The maximum Gasteiger partial charge on any atom is 0.264 e. The van der Waals surface area contributed by atoms with Crippen molar-refractivity contribution >= 4 is 29.0 Å². The zero-order valence-electron chi connectivity index (χ0n) is 41.5. The van der Waals surface area contributed by atoms with Crippen molar-refractivity contribution in [2.45, 2.75) is 124 Å². The zero-order valence-corrected chi connectivity index (χ0v) is 41.5. The van der Waals surface area contributed by atoms with Gasteiger partial charge in [-0.2, -0.15) is 15.5 Å². The number of amides is 2. The number of anilines is 3. The van der Waals surface area contributed by atoms with Crippen molar-refractivity contribution in [1.82, 2.24) is 29.8 Å². The van der Waals surface area contributed by atoms with Gasteiger partial charge in [-0.1, -0.05) is 27.7 Å². The molecule has 13 nitrogen and oxygen atoms in total. The number of hydrogen-bond donors (Lipinski definition) is 1. The van der Waals surface area contributed by atoms with Gasteiger partial charge in [0.1, 0.15) is 23.7 Å². The molecule has 5 heterocycles. The number of carbonyl (C=O) groups is 2. The molecule has 15 heteroatoms. The molecule has 368 valence electrons. The van der Waals surface area contributed by atoms with Crippen molar-refractivity contribution in [3.05, 3.63) is 101 Å². The second-order valence-corrected chi connectivity index (χ2v) is 21.7. The average Bonchev–Trinajstić information content (AvgIpc) is 3.97. The topological polar surface area (TPSA) is 134 Å². The molecule has 3 fully saturated rings. The number of methoxy groups -OCH3 is 1. The fraction of sp³-hybridized carbons (Fsp3) is 0.509. The summed E-state index contributed by atoms with van der Waals surface area (Å²) >= 11 is 0. The van der Waals surface area contributed by atoms with Crippen LogP contribution in [0.4, 0.5) is 26.0 Å². The van der Waals surface area contributed by atoms with Crippen LogP contribution >= 0.6 is 0 Å². The van der Waals surface area contributed by atoms with Gasteiger partial charge < -0.3 is 29.5 Å². The molecule has 70 heavy (non-hydrogen) atoms. The molecule has 2 saturated carbocycles. The highest BCUT2D eigenvalue weighted by atomic mass is 19.3. The minimum atomic E-state index is -2.66. The highest BCUT2D eigenvalue weighted by Gasteiger charge is 2.64. The number of piperidine rings is 1. The number of fused-ring (bicyclic) bond motifs is 2. The van der Waals surface area contributed by atoms with E-state index in [-0.39, 0.29) is 51.8 Å². The maximum atomic E-state index is 14.8. The molecule has 0 bridgehead atoms. The molecule has 2 aliphatic carbocycles. The van der Waals surface area contributed by atoms with Crippen LogP contribution in [-0.2, 0) is 31.2 Å². The van der Waals surface area contributed by atoms with Crippen molar-refractivity contribution in [1.29, 1.82) is 5.26 Å². The van der Waals surface area contributed by atoms with Crippen LogP contribution < -0.4 is 24.6 Å². The van der Waals surface area contributed by atoms with E-state index in [2.05, 4.69) is 70.8 Å². The van der Waals surface area contributed by atoms with Crippen LogP contribution in [0.1, 0.15) is 130 Å². The Hall–Kier alpha value is -6.43. The van der Waals surface area contributed by atoms with E-state index >= 15 is 0 Å². The molecule has 3 aliphatic heterocycles. The summed E-state index contributed by atoms with van der Waals surface area (Å²) in [6.45, 7) is 13.7. The lowest BCUT2D eigenvalue weighted by Crippen LogP contribution is -2.74. The van der Waals surface area contributed by atoms with Gasteiger partial charge in [-0.3, -0.25) is 19.0 Å². The molecule has 0 atom stereocenters. The molecule has 5 aliphatic rings. The third-order valence-corrected chi connectivity index (χ3v) is 16.7. The Morgan fingerprint density at radius 3 is 2.30 bits per heavy atom. The van der Waals surface area contributed by atoms with Gasteiger partial charge in [-0.15, -0.1) is 0 Å². The van der Waals surface area contributed by atoms with Gasteiger partial charge in [0.25, 0.3) is 12.3 Å². The van der Waals surface area contributed by atoms with Crippen molar-refractivity contribution in [2.24, 2.45) is 23.3 Å². The van der Waals surface area contributed by atoms with E-state index in [1.807, 2.05) is 23.1 Å². The normalized spacial score (nSPS) is 21.4. The third kappa shape index (κ3) is 8.34. The zero-order chi connectivity index (χ0) is 49.3. The van der Waals surface area contributed by atoms with Crippen LogP contribution in [0.3, 0.4) is 0 Å². The molecule has 2 amide bonds. The van der Waals surface area contributed by atoms with Crippen molar-refractivity contribution in [3.63, 3.8) is 0 Å². The number of benzene rings is 3. The Morgan fingerprint density at radius 1 is 0.929 bits per heavy atom. The average molecular weight is 954 g/mol. The Balaban J connectivity index is 0.788. The number of nitrogens with zero attached hydrogens (tertiary/aromatic N) is 8. The molecule has 1 saturated heterocycles. The monoisotopic (exact) mass is 954 g/mol. The second kappa shape index (κ2) is 18.1. The number of aryl methyl sites for hydroxylation is 2. The predicted molar refractivity (Wildman–Crippen MR) is 265 cm³/mol. The molecule has 2 aromatic heterocycles. The number of ether oxygens (including phenoxy) is 2. The standard InChI is InChI=1S/C55H65F2N9O4/c1-34(67)64-24-18-45-44(33-64)49(65-23-8-9-36-27-42(38-31-59-62(6)32-38)43(48(56)57)29-46(36)65)61-66(45)40-16-19-55(20-17-40)21-25-63(26-22-55)39-13-10-35(11-14-39)50(68)60-51-53(2,3)52(54(51,4)5)70-41-15-12-37(30-58)47(28-41)69-7/h10-15,27-29,31-32,40,48,51-52H,8-9,16-26,33H2,1-7H3,(H,60,68). The molecule has 10 rings (SSSR count). The van der Waals surface area contributed by atoms with E-state index in [1.54, 1.807) is 55.3 Å². The quantitative estimate of drug-likeness (QED) is 0.145. The molecule has 0 radical (unpaired) electrons. The fourth-order valence-corrected chi connectivity index (χ4v) is 13.1. The molecule has 1 N–H and O–H groups in total. The number of nitriles is 1. The number of nitrogens with one attached hydrogen (secondary N) is 1. The lowest BCUT2D eigenvalue weighted by atomic mass is 9.49. The summed E-state index contributed by atoms with van der Waals surface area (Å²) in [5.74, 6) is 1.81. The van der Waals surface area contributed by atoms with Gasteiger partial charge in [0, 0.05) is 115 Å². The second-order valence-electron chi connectivity index (χ2n) is 21.7. The van der Waals surface area contributed by atoms with Crippen molar-refractivity contribution in [2.75, 3.05) is 43.1 Å². The van der Waals surface area contributed by atoms with Gasteiger partial charge in [0.05, 0.1) is 31.5 Å². The van der Waals surface area contributed by atoms with E-state index in [0.717, 1.165) is 92.8 Å². The Labute approximate surface area is 409 Å². The number of alkyl halides is 2. The summed E-state index contributed by atoms with van der Waals surface area (Å²) in [5.41, 5.74) is 6.93. The van der Waals surface area contributed by atoms with E-state index in [9.17, 15) is 23.6 Å². The number of aromatic nitrogens is 4. The molecular weight excluding hydrogens is 889 g/mol. The minimum absolute atomic E-state index is 0.0101. The summed E-state index contributed by atoms with van der Waals surface area (Å²) in [6, 6.07) is 19.1. The smallest absolute Gasteiger partial charge is 0.264 e. The van der Waals surface area contributed by atoms with Gasteiger partial charge in [0.15, 0.2) is 5.82 Å². The van der Waals surface area contributed by atoms with Gasteiger partial charge in [0.2, 0.25) is 5.91 Å². The molecule has 1 spiro atoms. The summed E-state index contributed by atoms with van der Waals surface area (Å²) in [6.07, 6.45) is 9.39. The third-order valence-electron chi connectivity index (χ3n) is 16.7. The first-order chi connectivity index (χ1) is 33.5. The molecular formula is C55H65F2N9O4. The Kier molecular flexibility index (Phi) is 12.2. The molecule has 0 unspecified atom stereocenters. The molecule has 5 aromatic rings. The van der Waals surface area contributed by atoms with Crippen LogP contribution in [0.5, 0.6) is 11.5 Å². The van der Waals surface area contributed by atoms with Gasteiger partial charge >= 0.3 is 0 Å². The summed E-state index contributed by atoms with van der Waals surface area (Å²) in [4.78, 5) is 33.0. The van der Waals surface area contributed by atoms with Crippen LogP contribution in [0.2, 0.25) is 0 Å². The highest BCUT2D eigenvalue weighted by Crippen LogP contribution is 2.56. The van der Waals surface area contributed by atoms with Crippen LogP contribution in [-0.4, -0.2) is 81.7 Å². The van der Waals surface area contributed by atoms with E-state index in [1.165, 1.54) is 12.8 Å². The first kappa shape index (κ1) is 47.3. The van der Waals surface area contributed by atoms with E-state index < -0.39 is 6.43 Å². The first-order valence-corrected chi connectivity index (χ1v) is 25.0. The number of hydrogen-bond acceptors (Lipinski definition) is 9. The fourth-order valence-electron chi connectivity index (χ4n) is 13.1. The number of halogens is 2. The summed E-state index contributed by atoms with van der Waals surface area (Å²) < 4.78 is 45.4. The lowest BCUT2D eigenvalue weighted by molar-refractivity contribution is -0.164. The van der Waals surface area contributed by atoms with Crippen LogP contribution in [0.15, 0.2) is 67.0 Å². The van der Waals surface area contributed by atoms with Gasteiger partial charge in [-0.25, -0.2) is 8.78 Å². The minimum Gasteiger partial charge on any atom is -0.495 e. The molecule has 3 aromatic carbocycles. The number of carbonyl (C=O) groups excluding carboxylic acids is 2. The Bertz CT molecular complexity index is 2830. The predicted octanol–water partition coefficient (Wildman–Crippen LogP) is 10.1. The maximum absolute atomic E-state index is 14.8. The first-order valence-electron chi connectivity index (χ1n) is 25.0. The summed E-state index contributed by atoms with van der Waals surface area (Å²) in [7, 11) is 3.33. The number of rotatable bonds is 10. The van der Waals surface area contributed by atoms with E-state index in [4.69, 9.17) is 14.6 Å². The summed E-state index contributed by atoms with van der Waals surface area (Å²) in [5, 5.41) is 22.4.